The first-order valence-corrected chi connectivity index (χ1v) is 8.00. The number of hydrogen-bond acceptors (Lipinski definition) is 5. The van der Waals surface area contributed by atoms with Crippen LogP contribution in [0.3, 0.4) is 0 Å². The number of nitrogens with zero attached hydrogens (tertiary/aromatic N) is 1. The van der Waals surface area contributed by atoms with Crippen LogP contribution in [0.1, 0.15) is 28.6 Å². The number of nitrogens with one attached hydrogen (secondary N) is 1. The summed E-state index contributed by atoms with van der Waals surface area (Å²) < 4.78 is 10.5. The number of halogens is 1. The Morgan fingerprint density at radius 3 is 2.92 bits per heavy atom. The quantitative estimate of drug-likeness (QED) is 0.686. The van der Waals surface area contributed by atoms with E-state index >= 15 is 0 Å². The molecule has 0 aliphatic heterocycles. The van der Waals surface area contributed by atoms with E-state index in [0.717, 1.165) is 22.2 Å². The summed E-state index contributed by atoms with van der Waals surface area (Å²) in [6, 6.07) is 7.33. The highest BCUT2D eigenvalue weighted by atomic mass is 35.5. The molecule has 0 radical (unpaired) electrons. The molecule has 2 heterocycles. The van der Waals surface area contributed by atoms with Gasteiger partial charge in [0.05, 0.1) is 30.6 Å². The summed E-state index contributed by atoms with van der Waals surface area (Å²) in [5.74, 6) is 0.349. The van der Waals surface area contributed by atoms with E-state index < -0.39 is 5.97 Å². The first-order valence-electron chi connectivity index (χ1n) is 7.63. The van der Waals surface area contributed by atoms with Gasteiger partial charge in [0.15, 0.2) is 0 Å². The Labute approximate surface area is 144 Å². The maximum atomic E-state index is 12.3. The molecule has 5 nitrogen and oxygen atoms in total. The molecule has 0 spiro atoms. The lowest BCUT2D eigenvalue weighted by atomic mass is 10.1. The van der Waals surface area contributed by atoms with Crippen molar-refractivity contribution in [1.29, 1.82) is 0 Å². The molecule has 3 aromatic rings. The molecule has 0 aliphatic rings. The number of fused-ring (bicyclic) bond motifs is 1. The third-order valence-electron chi connectivity index (χ3n) is 3.74. The van der Waals surface area contributed by atoms with Gasteiger partial charge >= 0.3 is 5.97 Å². The molecule has 3 rings (SSSR count). The highest BCUT2D eigenvalue weighted by Crippen LogP contribution is 2.32. The van der Waals surface area contributed by atoms with Crippen LogP contribution in [0.2, 0.25) is 5.02 Å². The van der Waals surface area contributed by atoms with Crippen LogP contribution in [-0.2, 0) is 11.3 Å². The third kappa shape index (κ3) is 3.08. The van der Waals surface area contributed by atoms with Gasteiger partial charge in [-0.25, -0.2) is 4.79 Å². The van der Waals surface area contributed by atoms with E-state index in [1.54, 1.807) is 19.3 Å². The van der Waals surface area contributed by atoms with Crippen LogP contribution in [0.15, 0.2) is 41.1 Å². The Bertz CT molecular complexity index is 876. The predicted octanol–water partition coefficient (Wildman–Crippen LogP) is 4.58. The number of esters is 1. The second kappa shape index (κ2) is 6.93. The average Bonchev–Trinajstić information content (AvgIpc) is 3.09. The van der Waals surface area contributed by atoms with E-state index in [1.165, 1.54) is 6.20 Å². The Hall–Kier alpha value is -2.53. The Kier molecular flexibility index (Phi) is 4.71. The molecule has 0 saturated carbocycles. The van der Waals surface area contributed by atoms with Crippen molar-refractivity contribution in [2.45, 2.75) is 20.4 Å². The van der Waals surface area contributed by atoms with Crippen molar-refractivity contribution in [2.75, 3.05) is 11.9 Å². The van der Waals surface area contributed by atoms with Crippen LogP contribution < -0.4 is 5.32 Å². The summed E-state index contributed by atoms with van der Waals surface area (Å²) >= 11 is 6.18. The number of anilines is 1. The van der Waals surface area contributed by atoms with Gasteiger partial charge in [-0.1, -0.05) is 11.6 Å². The van der Waals surface area contributed by atoms with Crippen molar-refractivity contribution in [3.63, 3.8) is 0 Å². The van der Waals surface area contributed by atoms with Crippen LogP contribution in [0, 0.1) is 6.92 Å². The van der Waals surface area contributed by atoms with E-state index in [1.807, 2.05) is 25.1 Å². The van der Waals surface area contributed by atoms with Gasteiger partial charge in [0, 0.05) is 16.6 Å². The van der Waals surface area contributed by atoms with E-state index in [9.17, 15) is 4.79 Å². The Morgan fingerprint density at radius 1 is 1.38 bits per heavy atom. The number of aryl methyl sites for hydroxylation is 1. The summed E-state index contributed by atoms with van der Waals surface area (Å²) in [6.07, 6.45) is 3.13. The number of rotatable bonds is 5. The SMILES string of the molecule is CCOC(=O)c1cnc2c(C)c(Cl)ccc2c1NCc1ccco1. The van der Waals surface area contributed by atoms with Gasteiger partial charge in [0.25, 0.3) is 0 Å². The Morgan fingerprint density at radius 2 is 2.21 bits per heavy atom. The second-order valence-corrected chi connectivity index (χ2v) is 5.68. The third-order valence-corrected chi connectivity index (χ3v) is 4.15. The van der Waals surface area contributed by atoms with Gasteiger partial charge < -0.3 is 14.5 Å². The van der Waals surface area contributed by atoms with Crippen molar-refractivity contribution in [3.05, 3.63) is 58.6 Å². The van der Waals surface area contributed by atoms with Crippen LogP contribution in [0.25, 0.3) is 10.9 Å². The highest BCUT2D eigenvalue weighted by Gasteiger charge is 2.18. The summed E-state index contributed by atoms with van der Waals surface area (Å²) in [7, 11) is 0. The fraction of sp³-hybridized carbons (Fsp3) is 0.222. The lowest BCUT2D eigenvalue weighted by Gasteiger charge is -2.14. The minimum atomic E-state index is -0.415. The maximum Gasteiger partial charge on any atom is 0.341 e. The zero-order valence-corrected chi connectivity index (χ0v) is 14.2. The molecular weight excluding hydrogens is 328 g/mol. The van der Waals surface area contributed by atoms with Gasteiger partial charge in [-0.2, -0.15) is 0 Å². The van der Waals surface area contributed by atoms with Gasteiger partial charge in [-0.3, -0.25) is 4.98 Å². The topological polar surface area (TPSA) is 64.4 Å². The van der Waals surface area contributed by atoms with E-state index in [0.29, 0.717) is 29.4 Å². The normalized spacial score (nSPS) is 10.8. The number of furan rings is 1. The lowest BCUT2D eigenvalue weighted by molar-refractivity contribution is 0.0527. The molecule has 0 bridgehead atoms. The molecule has 6 heteroatoms. The first-order chi connectivity index (χ1) is 11.6. The largest absolute Gasteiger partial charge is 0.467 e. The van der Waals surface area contributed by atoms with E-state index in [4.69, 9.17) is 20.8 Å². The number of pyridine rings is 1. The average molecular weight is 345 g/mol. The van der Waals surface area contributed by atoms with Gasteiger partial charge in [-0.05, 0) is 43.7 Å². The molecule has 0 atom stereocenters. The number of ether oxygens (including phenoxy) is 1. The summed E-state index contributed by atoms with van der Waals surface area (Å²) in [5.41, 5.74) is 2.66. The van der Waals surface area contributed by atoms with Crippen LogP contribution in [-0.4, -0.2) is 17.6 Å². The van der Waals surface area contributed by atoms with Crippen molar-refractivity contribution >= 4 is 34.2 Å². The molecule has 1 aromatic carbocycles. The monoisotopic (exact) mass is 344 g/mol. The van der Waals surface area contributed by atoms with Crippen LogP contribution in [0.4, 0.5) is 5.69 Å². The van der Waals surface area contributed by atoms with Crippen molar-refractivity contribution < 1.29 is 13.9 Å². The standard InChI is InChI=1S/C18H17ClN2O3/c1-3-23-18(22)14-10-21-16-11(2)15(19)7-6-13(16)17(14)20-9-12-5-4-8-24-12/h4-8,10H,3,9H2,1-2H3,(H,20,21). The summed E-state index contributed by atoms with van der Waals surface area (Å²) in [6.45, 7) is 4.42. The van der Waals surface area contributed by atoms with Gasteiger partial charge in [-0.15, -0.1) is 0 Å². The number of benzene rings is 1. The molecule has 0 unspecified atom stereocenters. The fourth-order valence-electron chi connectivity index (χ4n) is 2.53. The van der Waals surface area contributed by atoms with Crippen molar-refractivity contribution in [2.24, 2.45) is 0 Å². The van der Waals surface area contributed by atoms with Crippen LogP contribution >= 0.6 is 11.6 Å². The van der Waals surface area contributed by atoms with E-state index in [2.05, 4.69) is 10.3 Å². The molecule has 1 N–H and O–H groups in total. The molecule has 0 fully saturated rings. The summed E-state index contributed by atoms with van der Waals surface area (Å²) in [4.78, 5) is 16.7. The zero-order chi connectivity index (χ0) is 17.1. The lowest BCUT2D eigenvalue weighted by Crippen LogP contribution is -2.11. The molecule has 0 amide bonds. The maximum absolute atomic E-state index is 12.3. The fourth-order valence-corrected chi connectivity index (χ4v) is 2.68. The van der Waals surface area contributed by atoms with Gasteiger partial charge in [0.1, 0.15) is 11.3 Å². The second-order valence-electron chi connectivity index (χ2n) is 5.27. The van der Waals surface area contributed by atoms with Crippen LogP contribution in [0.5, 0.6) is 0 Å². The van der Waals surface area contributed by atoms with Crippen molar-refractivity contribution in [1.82, 2.24) is 4.98 Å². The molecule has 2 aromatic heterocycles. The highest BCUT2D eigenvalue weighted by molar-refractivity contribution is 6.32. The van der Waals surface area contributed by atoms with Gasteiger partial charge in [0.2, 0.25) is 0 Å². The van der Waals surface area contributed by atoms with E-state index in [-0.39, 0.29) is 0 Å². The smallest absolute Gasteiger partial charge is 0.341 e. The number of hydrogen-bond donors (Lipinski definition) is 1. The minimum Gasteiger partial charge on any atom is -0.467 e. The number of carbonyl (C=O) groups excluding carboxylic acids is 1. The minimum absolute atomic E-state index is 0.300. The number of aromatic nitrogens is 1. The zero-order valence-electron chi connectivity index (χ0n) is 13.4. The number of carbonyl (C=O) groups is 1. The predicted molar refractivity (Wildman–Crippen MR) is 93.5 cm³/mol. The molecule has 124 valence electrons. The first kappa shape index (κ1) is 16.3. The molecule has 24 heavy (non-hydrogen) atoms. The summed E-state index contributed by atoms with van der Waals surface area (Å²) in [5, 5.41) is 4.72. The molecular formula is C18H17ClN2O3. The molecule has 0 aliphatic carbocycles. The van der Waals surface area contributed by atoms with Crippen molar-refractivity contribution in [3.8, 4) is 0 Å². The Balaban J connectivity index is 2.10. The molecule has 0 saturated heterocycles.